The van der Waals surface area contributed by atoms with Crippen molar-refractivity contribution in [3.05, 3.63) is 24.3 Å². The van der Waals surface area contributed by atoms with Gasteiger partial charge in [-0.2, -0.15) is 0 Å². The average Bonchev–Trinajstić information content (AvgIpc) is 3.28. The first-order chi connectivity index (χ1) is 9.31. The van der Waals surface area contributed by atoms with E-state index in [1.165, 1.54) is 25.7 Å². The molecule has 0 aliphatic heterocycles. The van der Waals surface area contributed by atoms with Crippen LogP contribution in [0.3, 0.4) is 0 Å². The van der Waals surface area contributed by atoms with E-state index in [1.807, 2.05) is 24.3 Å². The van der Waals surface area contributed by atoms with Crippen molar-refractivity contribution < 1.29 is 0 Å². The molecule has 98 valence electrons. The Morgan fingerprint density at radius 3 is 2.16 bits per heavy atom. The van der Waals surface area contributed by atoms with E-state index in [0.717, 1.165) is 28.7 Å². The minimum Gasteiger partial charge on any atom is -0.381 e. The van der Waals surface area contributed by atoms with Gasteiger partial charge in [-0.3, -0.25) is 0 Å². The second-order valence-electron chi connectivity index (χ2n) is 5.79. The van der Waals surface area contributed by atoms with Gasteiger partial charge in [0.1, 0.15) is 0 Å². The summed E-state index contributed by atoms with van der Waals surface area (Å²) in [4.78, 5) is 9.08. The average molecular weight is 254 g/mol. The molecule has 0 bridgehead atoms. The molecule has 4 rings (SSSR count). The predicted molar refractivity (Wildman–Crippen MR) is 76.8 cm³/mol. The zero-order valence-corrected chi connectivity index (χ0v) is 10.8. The van der Waals surface area contributed by atoms with Crippen LogP contribution >= 0.6 is 0 Å². The van der Waals surface area contributed by atoms with Crippen molar-refractivity contribution in [2.45, 2.75) is 31.7 Å². The molecule has 2 aliphatic carbocycles. The van der Waals surface area contributed by atoms with Crippen LogP contribution in [0.2, 0.25) is 0 Å². The molecule has 1 aromatic heterocycles. The Bertz CT molecular complexity index is 605. The van der Waals surface area contributed by atoms with Gasteiger partial charge in [-0.05, 0) is 49.7 Å². The third-order valence-corrected chi connectivity index (χ3v) is 4.16. The summed E-state index contributed by atoms with van der Waals surface area (Å²) in [5.41, 5.74) is 7.81. The van der Waals surface area contributed by atoms with E-state index >= 15 is 0 Å². The molecule has 0 atom stereocenters. The lowest BCUT2D eigenvalue weighted by Gasteiger charge is -2.19. The lowest BCUT2D eigenvalue weighted by molar-refractivity contribution is 0.566. The third kappa shape index (κ3) is 2.11. The van der Waals surface area contributed by atoms with Crippen LogP contribution in [0.4, 0.5) is 11.6 Å². The third-order valence-electron chi connectivity index (χ3n) is 4.16. The number of nitrogens with zero attached hydrogens (tertiary/aromatic N) is 2. The van der Waals surface area contributed by atoms with Crippen LogP contribution in [-0.2, 0) is 0 Å². The number of para-hydroxylation sites is 2. The fraction of sp³-hybridized carbons (Fsp3) is 0.467. The quantitative estimate of drug-likeness (QED) is 0.880. The summed E-state index contributed by atoms with van der Waals surface area (Å²) in [6.07, 6.45) is 5.37. The molecule has 2 aromatic rings. The molecule has 0 radical (unpaired) electrons. The smallest absolute Gasteiger partial charge is 0.169 e. The fourth-order valence-corrected chi connectivity index (χ4v) is 2.81. The highest BCUT2D eigenvalue weighted by Gasteiger charge is 2.41. The van der Waals surface area contributed by atoms with E-state index in [-0.39, 0.29) is 0 Å². The van der Waals surface area contributed by atoms with Crippen molar-refractivity contribution >= 4 is 22.7 Å². The van der Waals surface area contributed by atoms with Crippen molar-refractivity contribution in [1.82, 2.24) is 9.97 Å². The van der Waals surface area contributed by atoms with Gasteiger partial charge >= 0.3 is 0 Å². The Morgan fingerprint density at radius 1 is 1.00 bits per heavy atom. The molecule has 2 fully saturated rings. The number of rotatable bonds is 4. The van der Waals surface area contributed by atoms with Gasteiger partial charge in [0.05, 0.1) is 11.0 Å². The summed E-state index contributed by atoms with van der Waals surface area (Å²) in [5, 5.41) is 3.56. The number of nitrogens with one attached hydrogen (secondary N) is 1. The number of aromatic nitrogens is 2. The largest absolute Gasteiger partial charge is 0.381 e. The highest BCUT2D eigenvalue weighted by Crippen LogP contribution is 2.46. The van der Waals surface area contributed by atoms with Gasteiger partial charge in [0, 0.05) is 6.04 Å². The van der Waals surface area contributed by atoms with Crippen molar-refractivity contribution in [3.8, 4) is 0 Å². The Kier molecular flexibility index (Phi) is 2.37. The van der Waals surface area contributed by atoms with Crippen LogP contribution in [0.15, 0.2) is 24.3 Å². The molecule has 2 saturated carbocycles. The molecule has 0 amide bonds. The van der Waals surface area contributed by atoms with Gasteiger partial charge < -0.3 is 11.1 Å². The second-order valence-corrected chi connectivity index (χ2v) is 5.79. The van der Waals surface area contributed by atoms with E-state index in [4.69, 9.17) is 5.73 Å². The number of nitrogen functional groups attached to an aromatic ring is 1. The van der Waals surface area contributed by atoms with Crippen LogP contribution < -0.4 is 11.1 Å². The molecule has 0 spiro atoms. The summed E-state index contributed by atoms with van der Waals surface area (Å²) in [7, 11) is 0. The Morgan fingerprint density at radius 2 is 1.58 bits per heavy atom. The standard InChI is InChI=1S/C15H18N4/c16-14-15(18-12-4-2-1-3-11(12)17-14)19-13(9-5-6-9)10-7-8-10/h1-4,9-10,13H,5-8H2,(H2,16,17)(H,18,19). The van der Waals surface area contributed by atoms with Gasteiger partial charge in [0.25, 0.3) is 0 Å². The highest BCUT2D eigenvalue weighted by molar-refractivity contribution is 5.79. The summed E-state index contributed by atoms with van der Waals surface area (Å²) in [5.74, 6) is 2.92. The number of benzene rings is 1. The minimum absolute atomic E-state index is 0.519. The van der Waals surface area contributed by atoms with Crippen molar-refractivity contribution in [3.63, 3.8) is 0 Å². The molecule has 1 heterocycles. The molecule has 2 aliphatic rings. The zero-order chi connectivity index (χ0) is 12.8. The molecule has 0 saturated heterocycles. The lowest BCUT2D eigenvalue weighted by Crippen LogP contribution is -2.25. The van der Waals surface area contributed by atoms with Crippen molar-refractivity contribution in [1.29, 1.82) is 0 Å². The molecule has 0 unspecified atom stereocenters. The summed E-state index contributed by atoms with van der Waals surface area (Å²) in [6.45, 7) is 0. The van der Waals surface area contributed by atoms with Crippen LogP contribution in [0, 0.1) is 11.8 Å². The topological polar surface area (TPSA) is 63.8 Å². The molecular weight excluding hydrogens is 236 g/mol. The lowest BCUT2D eigenvalue weighted by atomic mass is 10.1. The van der Waals surface area contributed by atoms with E-state index in [0.29, 0.717) is 11.9 Å². The van der Waals surface area contributed by atoms with Gasteiger partial charge in [-0.1, -0.05) is 12.1 Å². The monoisotopic (exact) mass is 254 g/mol. The van der Waals surface area contributed by atoms with Crippen LogP contribution in [-0.4, -0.2) is 16.0 Å². The van der Waals surface area contributed by atoms with Gasteiger partial charge in [-0.15, -0.1) is 0 Å². The molecular formula is C15H18N4. The van der Waals surface area contributed by atoms with E-state index in [9.17, 15) is 0 Å². The van der Waals surface area contributed by atoms with Gasteiger partial charge in [0.2, 0.25) is 0 Å². The first kappa shape index (κ1) is 11.0. The van der Waals surface area contributed by atoms with Gasteiger partial charge in [0.15, 0.2) is 11.6 Å². The Hall–Kier alpha value is -1.84. The maximum atomic E-state index is 6.04. The van der Waals surface area contributed by atoms with Crippen LogP contribution in [0.1, 0.15) is 25.7 Å². The normalized spacial score (nSPS) is 19.0. The second kappa shape index (κ2) is 4.08. The number of anilines is 2. The van der Waals surface area contributed by atoms with E-state index in [2.05, 4.69) is 15.3 Å². The number of hydrogen-bond donors (Lipinski definition) is 2. The SMILES string of the molecule is Nc1nc2ccccc2nc1NC(C1CC1)C1CC1. The summed E-state index contributed by atoms with van der Waals surface area (Å²) >= 11 is 0. The first-order valence-corrected chi connectivity index (χ1v) is 7.10. The number of hydrogen-bond acceptors (Lipinski definition) is 4. The minimum atomic E-state index is 0.519. The molecule has 3 N–H and O–H groups in total. The molecule has 4 nitrogen and oxygen atoms in total. The first-order valence-electron chi connectivity index (χ1n) is 7.10. The van der Waals surface area contributed by atoms with Crippen LogP contribution in [0.5, 0.6) is 0 Å². The Balaban J connectivity index is 1.67. The predicted octanol–water partition coefficient (Wildman–Crippen LogP) is 2.81. The van der Waals surface area contributed by atoms with E-state index < -0.39 is 0 Å². The maximum Gasteiger partial charge on any atom is 0.169 e. The zero-order valence-electron chi connectivity index (χ0n) is 10.8. The molecule has 1 aromatic carbocycles. The van der Waals surface area contributed by atoms with Crippen molar-refractivity contribution in [2.24, 2.45) is 11.8 Å². The van der Waals surface area contributed by atoms with Crippen molar-refractivity contribution in [2.75, 3.05) is 11.1 Å². The highest BCUT2D eigenvalue weighted by atomic mass is 15.1. The molecule has 19 heavy (non-hydrogen) atoms. The van der Waals surface area contributed by atoms with Gasteiger partial charge in [-0.25, -0.2) is 9.97 Å². The van der Waals surface area contributed by atoms with E-state index in [1.54, 1.807) is 0 Å². The number of fused-ring (bicyclic) bond motifs is 1. The Labute approximate surface area is 112 Å². The summed E-state index contributed by atoms with van der Waals surface area (Å²) < 4.78 is 0. The summed E-state index contributed by atoms with van der Waals surface area (Å²) in [6, 6.07) is 8.42. The van der Waals surface area contributed by atoms with Crippen LogP contribution in [0.25, 0.3) is 11.0 Å². The number of nitrogens with two attached hydrogens (primary N) is 1. The molecule has 4 heteroatoms. The maximum absolute atomic E-state index is 6.04. The fourth-order valence-electron chi connectivity index (χ4n) is 2.81.